The van der Waals surface area contributed by atoms with Crippen molar-refractivity contribution in [1.82, 2.24) is 14.7 Å². The summed E-state index contributed by atoms with van der Waals surface area (Å²) in [5.74, 6) is -0.307. The molecule has 0 aliphatic rings. The first kappa shape index (κ1) is 18.4. The summed E-state index contributed by atoms with van der Waals surface area (Å²) < 4.78 is 15.0. The minimum absolute atomic E-state index is 0.0190. The minimum atomic E-state index is -0.288. The first-order chi connectivity index (χ1) is 13.4. The van der Waals surface area contributed by atoms with E-state index < -0.39 is 0 Å². The van der Waals surface area contributed by atoms with E-state index in [1.165, 1.54) is 29.0 Å². The van der Waals surface area contributed by atoms with Gasteiger partial charge < -0.3 is 4.90 Å². The van der Waals surface area contributed by atoms with Crippen LogP contribution in [0.5, 0.6) is 0 Å². The molecule has 0 atom stereocenters. The second-order valence-corrected chi connectivity index (χ2v) is 7.92. The van der Waals surface area contributed by atoms with Crippen molar-refractivity contribution in [3.05, 3.63) is 82.1 Å². The van der Waals surface area contributed by atoms with E-state index in [2.05, 4.69) is 5.10 Å². The Kier molecular flexibility index (Phi) is 4.73. The molecule has 2 aromatic heterocycles. The minimum Gasteiger partial charge on any atom is -0.337 e. The number of aryl methyl sites for hydroxylation is 2. The van der Waals surface area contributed by atoms with Crippen LogP contribution in [-0.2, 0) is 6.54 Å². The SMILES string of the molecule is Cc1ccccc1CN(C)C(=O)c1cc2c(C)nn(-c3ccc(F)cc3)c2s1. The van der Waals surface area contributed by atoms with E-state index in [1.54, 1.807) is 21.7 Å². The predicted octanol–water partition coefficient (Wildman–Crippen LogP) is 5.12. The predicted molar refractivity (Wildman–Crippen MR) is 111 cm³/mol. The van der Waals surface area contributed by atoms with Gasteiger partial charge in [0.15, 0.2) is 0 Å². The molecule has 0 aliphatic carbocycles. The van der Waals surface area contributed by atoms with Gasteiger partial charge in [0.1, 0.15) is 10.6 Å². The van der Waals surface area contributed by atoms with Gasteiger partial charge in [0.05, 0.1) is 16.3 Å². The Morgan fingerprint density at radius 2 is 1.86 bits per heavy atom. The van der Waals surface area contributed by atoms with Crippen LogP contribution < -0.4 is 0 Å². The van der Waals surface area contributed by atoms with Crippen LogP contribution in [0.3, 0.4) is 0 Å². The van der Waals surface area contributed by atoms with Gasteiger partial charge in [0.25, 0.3) is 5.91 Å². The van der Waals surface area contributed by atoms with Crippen LogP contribution in [-0.4, -0.2) is 27.6 Å². The van der Waals surface area contributed by atoms with Gasteiger partial charge in [-0.15, -0.1) is 11.3 Å². The zero-order valence-electron chi connectivity index (χ0n) is 15.9. The molecule has 0 saturated carbocycles. The van der Waals surface area contributed by atoms with Crippen LogP contribution >= 0.6 is 11.3 Å². The molecule has 6 heteroatoms. The summed E-state index contributed by atoms with van der Waals surface area (Å²) in [6.45, 7) is 4.52. The monoisotopic (exact) mass is 393 g/mol. The third kappa shape index (κ3) is 3.31. The van der Waals surface area contributed by atoms with E-state index in [4.69, 9.17) is 0 Å². The molecule has 142 valence electrons. The Labute approximate surface area is 166 Å². The number of aromatic nitrogens is 2. The molecule has 1 amide bonds. The standard InChI is InChI=1S/C22H20FN3OS/c1-14-6-4-5-7-16(14)13-25(3)21(27)20-12-19-15(2)24-26(22(19)28-20)18-10-8-17(23)9-11-18/h4-12H,13H2,1-3H3. The first-order valence-corrected chi connectivity index (χ1v) is 9.81. The molecule has 28 heavy (non-hydrogen) atoms. The van der Waals surface area contributed by atoms with E-state index in [0.717, 1.165) is 27.2 Å². The van der Waals surface area contributed by atoms with Crippen molar-refractivity contribution in [3.63, 3.8) is 0 Å². The largest absolute Gasteiger partial charge is 0.337 e. The van der Waals surface area contributed by atoms with Gasteiger partial charge in [0.2, 0.25) is 0 Å². The van der Waals surface area contributed by atoms with Crippen molar-refractivity contribution in [2.24, 2.45) is 0 Å². The van der Waals surface area contributed by atoms with Crippen molar-refractivity contribution >= 4 is 27.5 Å². The maximum Gasteiger partial charge on any atom is 0.264 e. The summed E-state index contributed by atoms with van der Waals surface area (Å²) in [6.07, 6.45) is 0. The summed E-state index contributed by atoms with van der Waals surface area (Å²) in [5.41, 5.74) is 3.92. The lowest BCUT2D eigenvalue weighted by Gasteiger charge is -2.17. The number of fused-ring (bicyclic) bond motifs is 1. The van der Waals surface area contributed by atoms with Crippen LogP contribution in [0.1, 0.15) is 26.5 Å². The van der Waals surface area contributed by atoms with Crippen LogP contribution in [0.2, 0.25) is 0 Å². The number of thiophene rings is 1. The molecule has 2 aromatic carbocycles. The van der Waals surface area contributed by atoms with E-state index in [1.807, 2.05) is 51.2 Å². The zero-order chi connectivity index (χ0) is 19.8. The number of rotatable bonds is 4. The summed E-state index contributed by atoms with van der Waals surface area (Å²) in [5, 5.41) is 5.50. The average Bonchev–Trinajstić information content (AvgIpc) is 3.24. The molecule has 2 heterocycles. The lowest BCUT2D eigenvalue weighted by Crippen LogP contribution is -2.25. The molecule has 4 nitrogen and oxygen atoms in total. The molecule has 4 rings (SSSR count). The number of carbonyl (C=O) groups excluding carboxylic acids is 1. The van der Waals surface area contributed by atoms with Crippen molar-refractivity contribution in [1.29, 1.82) is 0 Å². The number of halogens is 1. The maximum absolute atomic E-state index is 13.3. The van der Waals surface area contributed by atoms with Crippen LogP contribution in [0.25, 0.3) is 15.9 Å². The molecule has 0 spiro atoms. The number of hydrogen-bond acceptors (Lipinski definition) is 3. The van der Waals surface area contributed by atoms with Gasteiger partial charge in [-0.05, 0) is 55.3 Å². The topological polar surface area (TPSA) is 38.1 Å². The van der Waals surface area contributed by atoms with Gasteiger partial charge in [-0.3, -0.25) is 4.79 Å². The third-order valence-corrected chi connectivity index (χ3v) is 5.94. The Morgan fingerprint density at radius 3 is 2.57 bits per heavy atom. The fourth-order valence-electron chi connectivity index (χ4n) is 3.21. The maximum atomic E-state index is 13.3. The van der Waals surface area contributed by atoms with E-state index >= 15 is 0 Å². The Balaban J connectivity index is 1.66. The van der Waals surface area contributed by atoms with Gasteiger partial charge in [-0.1, -0.05) is 24.3 Å². The molecule has 0 saturated heterocycles. The molecular formula is C22H20FN3OS. The zero-order valence-corrected chi connectivity index (χ0v) is 16.8. The van der Waals surface area contributed by atoms with Crippen molar-refractivity contribution in [2.45, 2.75) is 20.4 Å². The van der Waals surface area contributed by atoms with Gasteiger partial charge in [0, 0.05) is 19.0 Å². The van der Waals surface area contributed by atoms with Gasteiger partial charge >= 0.3 is 0 Å². The number of amides is 1. The molecule has 0 bridgehead atoms. The highest BCUT2D eigenvalue weighted by Gasteiger charge is 2.20. The summed E-state index contributed by atoms with van der Waals surface area (Å²) in [4.78, 5) is 16.3. The van der Waals surface area contributed by atoms with Crippen molar-refractivity contribution < 1.29 is 9.18 Å². The third-order valence-electron chi connectivity index (χ3n) is 4.84. The highest BCUT2D eigenvalue weighted by Crippen LogP contribution is 2.31. The fraction of sp³-hybridized carbons (Fsp3) is 0.182. The van der Waals surface area contributed by atoms with E-state index in [9.17, 15) is 9.18 Å². The fourth-order valence-corrected chi connectivity index (χ4v) is 4.39. The molecule has 4 aromatic rings. The normalized spacial score (nSPS) is 11.1. The molecule has 0 fully saturated rings. The van der Waals surface area contributed by atoms with Gasteiger partial charge in [-0.25, -0.2) is 9.07 Å². The Bertz CT molecular complexity index is 1160. The number of carbonyl (C=O) groups is 1. The van der Waals surface area contributed by atoms with Crippen LogP contribution in [0.4, 0.5) is 4.39 Å². The Hall–Kier alpha value is -2.99. The number of nitrogens with zero attached hydrogens (tertiary/aromatic N) is 3. The highest BCUT2D eigenvalue weighted by molar-refractivity contribution is 7.20. The summed E-state index contributed by atoms with van der Waals surface area (Å²) >= 11 is 1.41. The van der Waals surface area contributed by atoms with Gasteiger partial charge in [-0.2, -0.15) is 5.10 Å². The van der Waals surface area contributed by atoms with Crippen LogP contribution in [0.15, 0.2) is 54.6 Å². The van der Waals surface area contributed by atoms with E-state index in [-0.39, 0.29) is 11.7 Å². The van der Waals surface area contributed by atoms with E-state index in [0.29, 0.717) is 11.4 Å². The highest BCUT2D eigenvalue weighted by atomic mass is 32.1. The molecule has 0 unspecified atom stereocenters. The van der Waals surface area contributed by atoms with Crippen molar-refractivity contribution in [3.8, 4) is 5.69 Å². The Morgan fingerprint density at radius 1 is 1.14 bits per heavy atom. The first-order valence-electron chi connectivity index (χ1n) is 8.99. The smallest absolute Gasteiger partial charge is 0.264 e. The summed E-state index contributed by atoms with van der Waals surface area (Å²) in [7, 11) is 1.82. The second-order valence-electron chi connectivity index (χ2n) is 6.89. The lowest BCUT2D eigenvalue weighted by atomic mass is 10.1. The molecular weight excluding hydrogens is 373 g/mol. The number of hydrogen-bond donors (Lipinski definition) is 0. The molecule has 0 radical (unpaired) electrons. The summed E-state index contributed by atoms with van der Waals surface area (Å²) in [6, 6.07) is 16.2. The molecule has 0 N–H and O–H groups in total. The second kappa shape index (κ2) is 7.20. The lowest BCUT2D eigenvalue weighted by molar-refractivity contribution is 0.0790. The quantitative estimate of drug-likeness (QED) is 0.483. The average molecular weight is 393 g/mol. The van der Waals surface area contributed by atoms with Crippen molar-refractivity contribution in [2.75, 3.05) is 7.05 Å². The molecule has 0 aliphatic heterocycles. The van der Waals surface area contributed by atoms with Crippen LogP contribution in [0, 0.1) is 19.7 Å². The number of benzene rings is 2.